The van der Waals surface area contributed by atoms with Crippen molar-refractivity contribution in [1.82, 2.24) is 16.0 Å². The number of allylic oxidation sites excluding steroid dienone is 2. The number of ether oxygens (including phenoxy) is 4. The largest absolute Gasteiger partial charge is 0.459 e. The molecule has 3 heterocycles. The minimum Gasteiger partial charge on any atom is -0.459 e. The number of amides is 3. The van der Waals surface area contributed by atoms with Crippen LogP contribution in [-0.4, -0.2) is 102 Å². The number of hydrogen-bond donors (Lipinski definition) is 4. The highest BCUT2D eigenvalue weighted by Crippen LogP contribution is 2.42. The standard InChI is InChI=1S/C32H48BrN3O9/c1-19(6-9-26-20(2)14-25(22(4)44-26)36-29(39)11-8-21(3)43-23(5)37)7-10-27-31(41)32(18-42-32)15-24(45-27)17-35-28(38)12-13-34-30(40)16-33/h6-8,10-11,20-22,24-27,31,41H,9,12-18H2,1-5H3,(H,34,40)(H,35,38)(H,36,39)/b10-7+,11-8-,19-6+/t20-,21-,22+,24-,25+,26-,27+,31+,32?/m0/s1. The minimum atomic E-state index is -0.817. The number of halogens is 1. The van der Waals surface area contributed by atoms with Crippen molar-refractivity contribution in [3.05, 3.63) is 36.0 Å². The van der Waals surface area contributed by atoms with Crippen molar-refractivity contribution in [2.75, 3.05) is 25.0 Å². The maximum atomic E-state index is 12.4. The first-order valence-corrected chi connectivity index (χ1v) is 16.7. The van der Waals surface area contributed by atoms with E-state index in [1.807, 2.05) is 26.0 Å². The highest BCUT2D eigenvalue weighted by molar-refractivity contribution is 9.09. The Hall–Kier alpha value is -2.58. The summed E-state index contributed by atoms with van der Waals surface area (Å²) in [6.45, 7) is 10.0. The summed E-state index contributed by atoms with van der Waals surface area (Å²) >= 11 is 3.07. The maximum Gasteiger partial charge on any atom is 0.303 e. The Labute approximate surface area is 273 Å². The van der Waals surface area contributed by atoms with Crippen molar-refractivity contribution in [2.45, 2.75) is 109 Å². The molecule has 252 valence electrons. The lowest BCUT2D eigenvalue weighted by atomic mass is 9.87. The lowest BCUT2D eigenvalue weighted by molar-refractivity contribution is -0.143. The predicted molar refractivity (Wildman–Crippen MR) is 170 cm³/mol. The van der Waals surface area contributed by atoms with E-state index in [4.69, 9.17) is 18.9 Å². The van der Waals surface area contributed by atoms with Crippen LogP contribution in [0.2, 0.25) is 0 Å². The molecule has 9 atom stereocenters. The highest BCUT2D eigenvalue weighted by atomic mass is 79.9. The summed E-state index contributed by atoms with van der Waals surface area (Å²) in [7, 11) is 0. The van der Waals surface area contributed by atoms with Crippen LogP contribution in [0.4, 0.5) is 0 Å². The minimum absolute atomic E-state index is 0.0172. The number of esters is 1. The van der Waals surface area contributed by atoms with Crippen LogP contribution >= 0.6 is 15.9 Å². The number of nitrogens with one attached hydrogen (secondary N) is 3. The van der Waals surface area contributed by atoms with Crippen molar-refractivity contribution in [1.29, 1.82) is 0 Å². The summed E-state index contributed by atoms with van der Waals surface area (Å²) in [4.78, 5) is 47.0. The molecule has 0 aliphatic carbocycles. The molecule has 3 rings (SSSR count). The van der Waals surface area contributed by atoms with Gasteiger partial charge in [-0.05, 0) is 45.6 Å². The van der Waals surface area contributed by atoms with Crippen LogP contribution in [0.5, 0.6) is 0 Å². The number of aliphatic hydroxyl groups excluding tert-OH is 1. The van der Waals surface area contributed by atoms with Gasteiger partial charge in [0.2, 0.25) is 17.7 Å². The van der Waals surface area contributed by atoms with E-state index in [1.54, 1.807) is 13.0 Å². The second kappa shape index (κ2) is 17.4. The summed E-state index contributed by atoms with van der Waals surface area (Å²) < 4.78 is 23.1. The SMILES string of the molecule is CC(=O)O[C@@H](C)/C=C\C(=O)N[C@@H]1C[C@H](C)[C@H](C/C=C(C)/C=C/[C@H]2O[C@H](CNC(=O)CCNC(=O)CBr)CC3(CO3)[C@@H]2O)O[C@@H]1C. The van der Waals surface area contributed by atoms with Crippen molar-refractivity contribution < 1.29 is 43.2 Å². The summed E-state index contributed by atoms with van der Waals surface area (Å²) in [5.41, 5.74) is 0.331. The van der Waals surface area contributed by atoms with E-state index in [1.165, 1.54) is 13.0 Å². The smallest absolute Gasteiger partial charge is 0.303 e. The van der Waals surface area contributed by atoms with Gasteiger partial charge in [-0.2, -0.15) is 0 Å². The molecule has 0 aromatic rings. The molecule has 3 amide bonds. The van der Waals surface area contributed by atoms with Crippen LogP contribution in [0.3, 0.4) is 0 Å². The number of rotatable bonds is 14. The summed E-state index contributed by atoms with van der Waals surface area (Å²) in [5.74, 6) is -0.827. The molecule has 12 nitrogen and oxygen atoms in total. The molecule has 0 aromatic carbocycles. The van der Waals surface area contributed by atoms with Crippen molar-refractivity contribution in [2.24, 2.45) is 5.92 Å². The van der Waals surface area contributed by atoms with E-state index in [0.717, 1.165) is 12.0 Å². The third kappa shape index (κ3) is 11.9. The molecule has 3 aliphatic rings. The van der Waals surface area contributed by atoms with Gasteiger partial charge in [0.1, 0.15) is 23.9 Å². The first-order valence-electron chi connectivity index (χ1n) is 15.5. The monoisotopic (exact) mass is 697 g/mol. The van der Waals surface area contributed by atoms with Crippen LogP contribution < -0.4 is 16.0 Å². The molecule has 0 aromatic heterocycles. The molecule has 3 aliphatic heterocycles. The zero-order valence-electron chi connectivity index (χ0n) is 26.8. The number of alkyl halides is 1. The fourth-order valence-corrected chi connectivity index (χ4v) is 5.76. The molecule has 13 heteroatoms. The van der Waals surface area contributed by atoms with Gasteiger partial charge in [-0.25, -0.2) is 0 Å². The lowest BCUT2D eigenvalue weighted by Crippen LogP contribution is -2.52. The zero-order valence-corrected chi connectivity index (χ0v) is 28.3. The van der Waals surface area contributed by atoms with Gasteiger partial charge in [0.05, 0.1) is 36.3 Å². The lowest BCUT2D eigenvalue weighted by Gasteiger charge is -2.39. The van der Waals surface area contributed by atoms with Crippen LogP contribution in [-0.2, 0) is 38.1 Å². The second-order valence-corrected chi connectivity index (χ2v) is 12.7. The quantitative estimate of drug-likeness (QED) is 0.0699. The number of carbonyl (C=O) groups excluding carboxylic acids is 4. The van der Waals surface area contributed by atoms with E-state index in [9.17, 15) is 24.3 Å². The van der Waals surface area contributed by atoms with E-state index in [0.29, 0.717) is 19.4 Å². The van der Waals surface area contributed by atoms with Crippen LogP contribution in [0.25, 0.3) is 0 Å². The van der Waals surface area contributed by atoms with E-state index in [2.05, 4.69) is 44.9 Å². The fraction of sp³-hybridized carbons (Fsp3) is 0.688. The molecule has 1 spiro atoms. The van der Waals surface area contributed by atoms with Gasteiger partial charge in [0.15, 0.2) is 0 Å². The van der Waals surface area contributed by atoms with E-state index < -0.39 is 29.9 Å². The third-order valence-electron chi connectivity index (χ3n) is 8.25. The van der Waals surface area contributed by atoms with Gasteiger partial charge in [-0.15, -0.1) is 0 Å². The molecule has 0 bridgehead atoms. The Bertz CT molecular complexity index is 1140. The topological polar surface area (TPSA) is 165 Å². The second-order valence-electron chi connectivity index (χ2n) is 12.2. The average molecular weight is 699 g/mol. The Kier molecular flexibility index (Phi) is 14.2. The zero-order chi connectivity index (χ0) is 33.1. The number of carbonyl (C=O) groups is 4. The van der Waals surface area contributed by atoms with Crippen molar-refractivity contribution in [3.8, 4) is 0 Å². The molecule has 0 saturated carbocycles. The Balaban J connectivity index is 1.47. The third-order valence-corrected chi connectivity index (χ3v) is 8.76. The maximum absolute atomic E-state index is 12.4. The predicted octanol–water partition coefficient (Wildman–Crippen LogP) is 1.99. The van der Waals surface area contributed by atoms with Crippen molar-refractivity contribution in [3.63, 3.8) is 0 Å². The highest BCUT2D eigenvalue weighted by Gasteiger charge is 2.58. The van der Waals surface area contributed by atoms with Gasteiger partial charge in [-0.3, -0.25) is 19.2 Å². The summed E-state index contributed by atoms with van der Waals surface area (Å²) in [6.07, 6.45) is 8.45. The molecule has 3 saturated heterocycles. The van der Waals surface area contributed by atoms with Gasteiger partial charge < -0.3 is 40.0 Å². The number of aliphatic hydroxyl groups is 1. The molecule has 1 unspecified atom stereocenters. The van der Waals surface area contributed by atoms with Crippen LogP contribution in [0, 0.1) is 5.92 Å². The number of hydrogen-bond acceptors (Lipinski definition) is 9. The van der Waals surface area contributed by atoms with Gasteiger partial charge >= 0.3 is 5.97 Å². The first-order chi connectivity index (χ1) is 21.3. The Morgan fingerprint density at radius 1 is 1.11 bits per heavy atom. The molecule has 4 N–H and O–H groups in total. The van der Waals surface area contributed by atoms with Crippen LogP contribution in [0.15, 0.2) is 36.0 Å². The van der Waals surface area contributed by atoms with Crippen LogP contribution in [0.1, 0.15) is 60.3 Å². The van der Waals surface area contributed by atoms with E-state index in [-0.39, 0.29) is 72.8 Å². The van der Waals surface area contributed by atoms with Crippen molar-refractivity contribution >= 4 is 39.6 Å². The Morgan fingerprint density at radius 2 is 1.84 bits per heavy atom. The molecular weight excluding hydrogens is 650 g/mol. The van der Waals surface area contributed by atoms with Gasteiger partial charge in [0.25, 0.3) is 0 Å². The molecule has 3 fully saturated rings. The number of epoxide rings is 1. The molecule has 0 radical (unpaired) electrons. The van der Waals surface area contributed by atoms with E-state index >= 15 is 0 Å². The first kappa shape index (κ1) is 36.9. The fourth-order valence-electron chi connectivity index (χ4n) is 5.57. The normalized spacial score (nSPS) is 32.3. The average Bonchev–Trinajstić information content (AvgIpc) is 3.76. The van der Waals surface area contributed by atoms with Gasteiger partial charge in [-0.1, -0.05) is 46.7 Å². The summed E-state index contributed by atoms with van der Waals surface area (Å²) in [5, 5.41) is 19.6. The molecular formula is C32H48BrN3O9. The Morgan fingerprint density at radius 3 is 2.51 bits per heavy atom. The van der Waals surface area contributed by atoms with Gasteiger partial charge in [0, 0.05) is 38.9 Å². The summed E-state index contributed by atoms with van der Waals surface area (Å²) in [6, 6.07) is -0.137. The molecule has 45 heavy (non-hydrogen) atoms.